The van der Waals surface area contributed by atoms with E-state index in [2.05, 4.69) is 0 Å². The van der Waals surface area contributed by atoms with Gasteiger partial charge in [0, 0.05) is 13.0 Å². The number of hydrogen-bond donors (Lipinski definition) is 3. The van der Waals surface area contributed by atoms with Gasteiger partial charge in [-0.25, -0.2) is 0 Å². The van der Waals surface area contributed by atoms with Gasteiger partial charge in [-0.15, -0.1) is 0 Å². The highest BCUT2D eigenvalue weighted by molar-refractivity contribution is 6.32. The Hall–Kier alpha value is -3.91. The number of fused-ring (bicyclic) bond motifs is 1. The number of rotatable bonds is 10. The summed E-state index contributed by atoms with van der Waals surface area (Å²) in [7, 11) is 1.47. The maximum atomic E-state index is 13.1. The number of amides is 2. The molecule has 0 spiro atoms. The second-order valence-corrected chi connectivity index (χ2v) is 11.2. The van der Waals surface area contributed by atoms with E-state index < -0.39 is 23.9 Å². The minimum absolute atomic E-state index is 0.0715. The van der Waals surface area contributed by atoms with E-state index in [0.29, 0.717) is 29.2 Å². The molecule has 0 bridgehead atoms. The summed E-state index contributed by atoms with van der Waals surface area (Å²) in [5, 5.41) is 32.4. The number of hydrogen-bond acceptors (Lipinski definition) is 6. The molecule has 0 radical (unpaired) electrons. The van der Waals surface area contributed by atoms with Crippen molar-refractivity contribution >= 4 is 35.1 Å². The van der Waals surface area contributed by atoms with E-state index in [-0.39, 0.29) is 37.2 Å². The van der Waals surface area contributed by atoms with Gasteiger partial charge in [-0.1, -0.05) is 60.1 Å². The smallest absolute Gasteiger partial charge is 0.233 e. The van der Waals surface area contributed by atoms with Gasteiger partial charge in [0.15, 0.2) is 0 Å². The molecule has 1 heterocycles. The molecule has 2 amide bonds. The molecule has 1 aliphatic heterocycles. The van der Waals surface area contributed by atoms with Crippen LogP contribution >= 0.6 is 11.6 Å². The lowest BCUT2D eigenvalue weighted by molar-refractivity contribution is -0.138. The van der Waals surface area contributed by atoms with Crippen LogP contribution in [0.2, 0.25) is 5.02 Å². The van der Waals surface area contributed by atoms with E-state index in [1.165, 1.54) is 13.1 Å². The number of nitrogens with zero attached hydrogens (tertiary/aromatic N) is 1. The summed E-state index contributed by atoms with van der Waals surface area (Å²) >= 11 is 6.41. The van der Waals surface area contributed by atoms with E-state index in [4.69, 9.17) is 16.3 Å². The molecule has 2 aliphatic rings. The molecule has 3 N–H and O–H groups in total. The summed E-state index contributed by atoms with van der Waals surface area (Å²) in [6, 6.07) is 23.8. The second-order valence-electron chi connectivity index (χ2n) is 10.8. The Labute approximate surface area is 250 Å². The van der Waals surface area contributed by atoms with E-state index in [9.17, 15) is 24.9 Å². The normalized spacial score (nSPS) is 21.5. The highest BCUT2D eigenvalue weighted by Gasteiger charge is 2.53. The number of carbonyl (C=O) groups is 2. The summed E-state index contributed by atoms with van der Waals surface area (Å²) < 4.78 is 6.05. The first-order chi connectivity index (χ1) is 20.3. The van der Waals surface area contributed by atoms with Gasteiger partial charge in [-0.05, 0) is 83.5 Å². The molecule has 1 fully saturated rings. The van der Waals surface area contributed by atoms with Gasteiger partial charge in [0.2, 0.25) is 11.8 Å². The van der Waals surface area contributed by atoms with Crippen molar-refractivity contribution in [2.75, 3.05) is 20.3 Å². The number of allylic oxidation sites excluding steroid dienone is 1. The first-order valence-corrected chi connectivity index (χ1v) is 14.4. The predicted octanol–water partition coefficient (Wildman–Crippen LogP) is 5.35. The lowest BCUT2D eigenvalue weighted by Gasteiger charge is -2.36. The molecule has 3 aromatic rings. The summed E-state index contributed by atoms with van der Waals surface area (Å²) in [5.41, 5.74) is 3.91. The first-order valence-electron chi connectivity index (χ1n) is 14.0. The number of phenols is 1. The minimum Gasteiger partial charge on any atom is -0.508 e. The molecule has 5 rings (SSSR count). The largest absolute Gasteiger partial charge is 0.508 e. The van der Waals surface area contributed by atoms with Crippen LogP contribution in [-0.2, 0) is 9.59 Å². The topological polar surface area (TPSA) is 107 Å². The fourth-order valence-corrected chi connectivity index (χ4v) is 6.39. The number of aromatic hydroxyl groups is 1. The van der Waals surface area contributed by atoms with Crippen molar-refractivity contribution in [1.82, 2.24) is 4.90 Å². The maximum Gasteiger partial charge on any atom is 0.233 e. The highest BCUT2D eigenvalue weighted by Crippen LogP contribution is 2.46. The Morgan fingerprint density at radius 3 is 2.40 bits per heavy atom. The van der Waals surface area contributed by atoms with Crippen molar-refractivity contribution in [2.45, 2.75) is 25.4 Å². The third kappa shape index (κ3) is 6.14. The molecule has 4 atom stereocenters. The summed E-state index contributed by atoms with van der Waals surface area (Å²) in [5.74, 6) is -1.91. The number of benzene rings is 3. The molecule has 1 aliphatic carbocycles. The van der Waals surface area contributed by atoms with Crippen LogP contribution in [0.25, 0.3) is 11.6 Å². The summed E-state index contributed by atoms with van der Waals surface area (Å²) in [6.45, 7) is -0.244. The molecule has 0 aromatic heterocycles. The fourth-order valence-electron chi connectivity index (χ4n) is 6.16. The lowest BCUT2D eigenvalue weighted by atomic mass is 9.68. The van der Waals surface area contributed by atoms with Gasteiger partial charge in [-0.2, -0.15) is 0 Å². The van der Waals surface area contributed by atoms with E-state index in [1.54, 1.807) is 12.1 Å². The zero-order valence-electron chi connectivity index (χ0n) is 23.3. The van der Waals surface area contributed by atoms with E-state index in [0.717, 1.165) is 27.2 Å². The number of halogens is 1. The van der Waals surface area contributed by atoms with Crippen LogP contribution in [0.15, 0.2) is 90.0 Å². The van der Waals surface area contributed by atoms with Crippen LogP contribution in [0.1, 0.15) is 30.4 Å². The number of phenolic OH excluding ortho intramolecular Hbond substituents is 1. The zero-order valence-corrected chi connectivity index (χ0v) is 24.1. The highest BCUT2D eigenvalue weighted by atomic mass is 35.5. The summed E-state index contributed by atoms with van der Waals surface area (Å²) in [4.78, 5) is 27.2. The predicted molar refractivity (Wildman–Crippen MR) is 162 cm³/mol. The fraction of sp³-hybridized carbons (Fsp3) is 0.294. The van der Waals surface area contributed by atoms with E-state index in [1.807, 2.05) is 66.7 Å². The third-order valence-electron chi connectivity index (χ3n) is 8.26. The molecule has 0 unspecified atom stereocenters. The van der Waals surface area contributed by atoms with Gasteiger partial charge >= 0.3 is 0 Å². The van der Waals surface area contributed by atoms with Gasteiger partial charge in [0.05, 0.1) is 29.6 Å². The van der Waals surface area contributed by atoms with Crippen LogP contribution in [0.4, 0.5) is 0 Å². The molecule has 3 aromatic carbocycles. The second kappa shape index (κ2) is 12.9. The Balaban J connectivity index is 1.47. The van der Waals surface area contributed by atoms with Crippen LogP contribution < -0.4 is 4.74 Å². The van der Waals surface area contributed by atoms with Gasteiger partial charge in [0.25, 0.3) is 0 Å². The van der Waals surface area contributed by atoms with Crippen molar-refractivity contribution in [2.24, 2.45) is 17.8 Å². The molecule has 1 saturated heterocycles. The van der Waals surface area contributed by atoms with Crippen molar-refractivity contribution in [3.63, 3.8) is 0 Å². The minimum atomic E-state index is -0.992. The number of aliphatic hydroxyl groups is 2. The Kier molecular flexibility index (Phi) is 9.12. The van der Waals surface area contributed by atoms with Crippen LogP contribution in [0.5, 0.6) is 11.5 Å². The Bertz CT molecular complexity index is 1500. The maximum absolute atomic E-state index is 13.1. The molecular weight excluding hydrogens is 554 g/mol. The molecule has 0 saturated carbocycles. The third-order valence-corrected chi connectivity index (χ3v) is 8.59. The number of para-hydroxylation sites is 1. The quantitative estimate of drug-likeness (QED) is 0.168. The van der Waals surface area contributed by atoms with Crippen molar-refractivity contribution in [1.29, 1.82) is 0 Å². The first kappa shape index (κ1) is 29.6. The van der Waals surface area contributed by atoms with E-state index >= 15 is 0 Å². The number of aliphatic hydroxyl groups excluding tert-OH is 2. The number of imide groups is 1. The van der Waals surface area contributed by atoms with Gasteiger partial charge in [0.1, 0.15) is 18.1 Å². The standard InChI is InChI=1S/C34H34ClNO6/c1-36-33(40)27-17-24(20-42-26-10-6-3-7-11-26)31(28(19-37)32(27)34(36)41)30(39)15-13-22(21-8-4-2-5-9-21)16-23-12-14-25(38)18-29(23)35/h2-12,14,16,18,27-28,30,32,37-39H,13,15,17,19-20H2,1H3/b22-16-/t27-,28+,30-,32-/m1/s1. The van der Waals surface area contributed by atoms with Crippen LogP contribution in [-0.4, -0.2) is 58.4 Å². The molecular formula is C34H34ClNO6. The Morgan fingerprint density at radius 2 is 1.74 bits per heavy atom. The number of carbonyl (C=O) groups excluding carboxylic acids is 2. The zero-order chi connectivity index (χ0) is 29.8. The summed E-state index contributed by atoms with van der Waals surface area (Å²) in [6.07, 6.45) is 1.98. The lowest BCUT2D eigenvalue weighted by Crippen LogP contribution is -2.39. The van der Waals surface area contributed by atoms with Crippen molar-refractivity contribution < 1.29 is 29.6 Å². The van der Waals surface area contributed by atoms with Crippen molar-refractivity contribution in [3.8, 4) is 11.5 Å². The number of likely N-dealkylation sites (tertiary alicyclic amines) is 1. The SMILES string of the molecule is CN1C(=O)[C@@H]2[C@@H](CC(COc3ccccc3)=C([C@H](O)CC/C(=C/c3ccc(O)cc3Cl)c3ccccc3)[C@@H]2CO)C1=O. The van der Waals surface area contributed by atoms with Crippen molar-refractivity contribution in [3.05, 3.63) is 106 Å². The monoisotopic (exact) mass is 587 g/mol. The van der Waals surface area contributed by atoms with Gasteiger partial charge in [-0.3, -0.25) is 14.5 Å². The van der Waals surface area contributed by atoms with Crippen LogP contribution in [0.3, 0.4) is 0 Å². The van der Waals surface area contributed by atoms with Crippen LogP contribution in [0, 0.1) is 17.8 Å². The average molecular weight is 588 g/mol. The molecule has 218 valence electrons. The number of ether oxygens (including phenoxy) is 1. The van der Waals surface area contributed by atoms with Gasteiger partial charge < -0.3 is 20.1 Å². The molecule has 42 heavy (non-hydrogen) atoms. The molecule has 7 nitrogen and oxygen atoms in total. The Morgan fingerprint density at radius 1 is 1.05 bits per heavy atom. The average Bonchev–Trinajstić information content (AvgIpc) is 3.22. The molecule has 8 heteroatoms.